The van der Waals surface area contributed by atoms with E-state index in [0.29, 0.717) is 19.0 Å². The van der Waals surface area contributed by atoms with Crippen LogP contribution in [0, 0.1) is 11.8 Å². The fourth-order valence-corrected chi connectivity index (χ4v) is 3.09. The van der Waals surface area contributed by atoms with Crippen LogP contribution in [0.5, 0.6) is 0 Å². The molecule has 2 N–H and O–H groups in total. The van der Waals surface area contributed by atoms with Crippen LogP contribution in [0.25, 0.3) is 0 Å². The van der Waals surface area contributed by atoms with Crippen molar-refractivity contribution in [2.45, 2.75) is 38.6 Å². The van der Waals surface area contributed by atoms with Crippen LogP contribution in [0.2, 0.25) is 0 Å². The SMILES string of the molecule is CC1CCCN(C(=O)NCCC2CCOC2)C1C(=O)O. The van der Waals surface area contributed by atoms with Crippen LogP contribution in [-0.4, -0.2) is 54.4 Å². The summed E-state index contributed by atoms with van der Waals surface area (Å²) in [5, 5.41) is 12.1. The quantitative estimate of drug-likeness (QED) is 0.816. The van der Waals surface area contributed by atoms with Gasteiger partial charge in [-0.05, 0) is 37.5 Å². The van der Waals surface area contributed by atoms with E-state index in [4.69, 9.17) is 4.74 Å². The number of hydrogen-bond acceptors (Lipinski definition) is 3. The fraction of sp³-hybridized carbons (Fsp3) is 0.857. The number of piperidine rings is 1. The normalized spacial score (nSPS) is 30.2. The molecule has 2 fully saturated rings. The third-order valence-corrected chi connectivity index (χ3v) is 4.30. The zero-order valence-corrected chi connectivity index (χ0v) is 12.0. The van der Waals surface area contributed by atoms with Crippen LogP contribution < -0.4 is 5.32 Å². The van der Waals surface area contributed by atoms with Gasteiger partial charge in [0.1, 0.15) is 6.04 Å². The number of hydrogen-bond donors (Lipinski definition) is 2. The molecule has 6 heteroatoms. The second-order valence-electron chi connectivity index (χ2n) is 5.85. The molecule has 2 aliphatic rings. The van der Waals surface area contributed by atoms with Crippen LogP contribution in [0.15, 0.2) is 0 Å². The van der Waals surface area contributed by atoms with E-state index < -0.39 is 12.0 Å². The summed E-state index contributed by atoms with van der Waals surface area (Å²) >= 11 is 0. The lowest BCUT2D eigenvalue weighted by atomic mass is 9.91. The van der Waals surface area contributed by atoms with E-state index in [-0.39, 0.29) is 11.9 Å². The summed E-state index contributed by atoms with van der Waals surface area (Å²) in [6, 6.07) is -0.943. The number of aliphatic carboxylic acids is 1. The molecule has 0 bridgehead atoms. The van der Waals surface area contributed by atoms with Crippen LogP contribution in [0.1, 0.15) is 32.6 Å². The monoisotopic (exact) mass is 284 g/mol. The molecule has 0 aromatic rings. The molecule has 114 valence electrons. The standard InChI is InChI=1S/C14H24N2O4/c1-10-3-2-7-16(12(10)13(17)18)14(19)15-6-4-11-5-8-20-9-11/h10-12H,2-9H2,1H3,(H,15,19)(H,17,18). The predicted molar refractivity (Wildman–Crippen MR) is 73.5 cm³/mol. The van der Waals surface area contributed by atoms with Crippen molar-refractivity contribution in [2.75, 3.05) is 26.3 Å². The molecule has 0 aromatic carbocycles. The molecular weight excluding hydrogens is 260 g/mol. The summed E-state index contributed by atoms with van der Waals surface area (Å²) in [4.78, 5) is 25.0. The predicted octanol–water partition coefficient (Wildman–Crippen LogP) is 1.31. The largest absolute Gasteiger partial charge is 0.480 e. The van der Waals surface area contributed by atoms with Crippen LogP contribution >= 0.6 is 0 Å². The molecule has 0 spiro atoms. The lowest BCUT2D eigenvalue weighted by molar-refractivity contribution is -0.145. The van der Waals surface area contributed by atoms with E-state index in [1.165, 1.54) is 4.90 Å². The molecule has 0 aliphatic carbocycles. The molecule has 2 amide bonds. The van der Waals surface area contributed by atoms with Crippen molar-refractivity contribution in [1.29, 1.82) is 0 Å². The number of nitrogens with one attached hydrogen (secondary N) is 1. The molecule has 3 atom stereocenters. The minimum absolute atomic E-state index is 0.00947. The number of likely N-dealkylation sites (tertiary alicyclic amines) is 1. The number of amides is 2. The Morgan fingerprint density at radius 1 is 1.40 bits per heavy atom. The van der Waals surface area contributed by atoms with Crippen molar-refractivity contribution < 1.29 is 19.4 Å². The number of carboxylic acids is 1. The molecule has 0 aromatic heterocycles. The van der Waals surface area contributed by atoms with E-state index in [2.05, 4.69) is 5.32 Å². The zero-order valence-electron chi connectivity index (χ0n) is 12.0. The van der Waals surface area contributed by atoms with Gasteiger partial charge in [0.2, 0.25) is 0 Å². The topological polar surface area (TPSA) is 78.9 Å². The Hall–Kier alpha value is -1.30. The first-order chi connectivity index (χ1) is 9.59. The Kier molecular flexibility index (Phi) is 5.23. The van der Waals surface area contributed by atoms with Crippen molar-refractivity contribution >= 4 is 12.0 Å². The van der Waals surface area contributed by atoms with Gasteiger partial charge < -0.3 is 20.1 Å². The minimum Gasteiger partial charge on any atom is -0.480 e. The molecule has 0 saturated carbocycles. The van der Waals surface area contributed by atoms with Crippen molar-refractivity contribution in [3.05, 3.63) is 0 Å². The highest BCUT2D eigenvalue weighted by Gasteiger charge is 2.36. The van der Waals surface area contributed by atoms with Gasteiger partial charge in [-0.3, -0.25) is 0 Å². The first kappa shape index (κ1) is 15.1. The maximum Gasteiger partial charge on any atom is 0.326 e. The number of ether oxygens (including phenoxy) is 1. The minimum atomic E-state index is -0.906. The molecule has 2 heterocycles. The number of urea groups is 1. The van der Waals surface area contributed by atoms with Gasteiger partial charge in [0.15, 0.2) is 0 Å². The van der Waals surface area contributed by atoms with Gasteiger partial charge >= 0.3 is 12.0 Å². The first-order valence-corrected chi connectivity index (χ1v) is 7.44. The van der Waals surface area contributed by atoms with Crippen molar-refractivity contribution in [2.24, 2.45) is 11.8 Å². The second kappa shape index (κ2) is 6.92. The van der Waals surface area contributed by atoms with Crippen molar-refractivity contribution in [3.8, 4) is 0 Å². The van der Waals surface area contributed by atoms with E-state index in [9.17, 15) is 14.7 Å². The van der Waals surface area contributed by atoms with Crippen LogP contribution in [-0.2, 0) is 9.53 Å². The summed E-state index contributed by atoms with van der Waals surface area (Å²) < 4.78 is 5.29. The highest BCUT2D eigenvalue weighted by molar-refractivity contribution is 5.83. The number of rotatable bonds is 4. The lowest BCUT2D eigenvalue weighted by Gasteiger charge is -2.37. The fourth-order valence-electron chi connectivity index (χ4n) is 3.09. The highest BCUT2D eigenvalue weighted by Crippen LogP contribution is 2.23. The Morgan fingerprint density at radius 3 is 2.85 bits per heavy atom. The summed E-state index contributed by atoms with van der Waals surface area (Å²) in [5.41, 5.74) is 0. The van der Waals surface area contributed by atoms with Gasteiger partial charge in [-0.25, -0.2) is 9.59 Å². The average molecular weight is 284 g/mol. The molecule has 2 rings (SSSR count). The molecule has 2 saturated heterocycles. The van der Waals surface area contributed by atoms with E-state index in [0.717, 1.165) is 38.9 Å². The summed E-state index contributed by atoms with van der Waals surface area (Å²) in [7, 11) is 0. The maximum absolute atomic E-state index is 12.2. The van der Waals surface area contributed by atoms with Gasteiger partial charge in [0, 0.05) is 26.3 Å². The maximum atomic E-state index is 12.2. The van der Waals surface area contributed by atoms with E-state index >= 15 is 0 Å². The van der Waals surface area contributed by atoms with Crippen molar-refractivity contribution in [3.63, 3.8) is 0 Å². The Morgan fingerprint density at radius 2 is 2.20 bits per heavy atom. The summed E-state index contributed by atoms with van der Waals surface area (Å²) in [6.45, 7) is 4.59. The van der Waals surface area contributed by atoms with Gasteiger partial charge in [0.05, 0.1) is 0 Å². The zero-order chi connectivity index (χ0) is 14.5. The molecule has 2 aliphatic heterocycles. The second-order valence-corrected chi connectivity index (χ2v) is 5.85. The molecule has 20 heavy (non-hydrogen) atoms. The molecule has 6 nitrogen and oxygen atoms in total. The summed E-state index contributed by atoms with van der Waals surface area (Å²) in [5.74, 6) is -0.377. The smallest absolute Gasteiger partial charge is 0.326 e. The molecule has 0 radical (unpaired) electrons. The highest BCUT2D eigenvalue weighted by atomic mass is 16.5. The molecular formula is C14H24N2O4. The average Bonchev–Trinajstić information content (AvgIpc) is 2.91. The Labute approximate surface area is 119 Å². The van der Waals surface area contributed by atoms with Gasteiger partial charge in [0.25, 0.3) is 0 Å². The van der Waals surface area contributed by atoms with Gasteiger partial charge in [-0.2, -0.15) is 0 Å². The Bertz CT molecular complexity index is 355. The lowest BCUT2D eigenvalue weighted by Crippen LogP contribution is -2.55. The Balaban J connectivity index is 1.81. The van der Waals surface area contributed by atoms with Crippen molar-refractivity contribution in [1.82, 2.24) is 10.2 Å². The first-order valence-electron chi connectivity index (χ1n) is 7.44. The van der Waals surface area contributed by atoms with Gasteiger partial charge in [-0.15, -0.1) is 0 Å². The third kappa shape index (κ3) is 3.62. The molecule has 3 unspecified atom stereocenters. The third-order valence-electron chi connectivity index (χ3n) is 4.30. The summed E-state index contributed by atoms with van der Waals surface area (Å²) in [6.07, 6.45) is 3.68. The van der Waals surface area contributed by atoms with Crippen LogP contribution in [0.3, 0.4) is 0 Å². The number of carboxylic acid groups (broad SMARTS) is 1. The van der Waals surface area contributed by atoms with E-state index in [1.807, 2.05) is 6.92 Å². The number of carbonyl (C=O) groups is 2. The van der Waals surface area contributed by atoms with Crippen LogP contribution in [0.4, 0.5) is 4.79 Å². The van der Waals surface area contributed by atoms with Gasteiger partial charge in [-0.1, -0.05) is 6.92 Å². The number of nitrogens with zero attached hydrogens (tertiary/aromatic N) is 1. The van der Waals surface area contributed by atoms with E-state index in [1.54, 1.807) is 0 Å². The number of carbonyl (C=O) groups excluding carboxylic acids is 1.